The van der Waals surface area contributed by atoms with Crippen molar-refractivity contribution in [3.8, 4) is 11.1 Å². The van der Waals surface area contributed by atoms with Crippen molar-refractivity contribution in [3.05, 3.63) is 89.2 Å². The van der Waals surface area contributed by atoms with Crippen molar-refractivity contribution in [2.45, 2.75) is 57.4 Å². The van der Waals surface area contributed by atoms with Gasteiger partial charge in [0.25, 0.3) is 5.91 Å². The third kappa shape index (κ3) is 4.48. The molecule has 36 heavy (non-hydrogen) atoms. The van der Waals surface area contributed by atoms with Gasteiger partial charge in [-0.3, -0.25) is 14.7 Å². The molecule has 2 aliphatic carbocycles. The lowest BCUT2D eigenvalue weighted by atomic mass is 9.59. The van der Waals surface area contributed by atoms with Crippen LogP contribution in [-0.2, 0) is 18.3 Å². The highest BCUT2D eigenvalue weighted by Gasteiger charge is 2.49. The number of nitrogens with zero attached hydrogens (tertiary/aromatic N) is 2. The second-order valence-electron chi connectivity index (χ2n) is 11.4. The van der Waals surface area contributed by atoms with Gasteiger partial charge >= 0.3 is 0 Å². The van der Waals surface area contributed by atoms with Crippen LogP contribution in [-0.4, -0.2) is 41.5 Å². The third-order valence-electron chi connectivity index (χ3n) is 9.17. The monoisotopic (exact) mass is 479 g/mol. The van der Waals surface area contributed by atoms with Crippen LogP contribution in [0.15, 0.2) is 66.9 Å². The highest BCUT2D eigenvalue weighted by molar-refractivity contribution is 5.94. The van der Waals surface area contributed by atoms with Gasteiger partial charge in [-0.05, 0) is 84.4 Å². The van der Waals surface area contributed by atoms with Crippen molar-refractivity contribution >= 4 is 5.91 Å². The zero-order chi connectivity index (χ0) is 24.7. The van der Waals surface area contributed by atoms with Gasteiger partial charge in [0, 0.05) is 48.6 Å². The molecule has 3 atom stereocenters. The number of carbonyl (C=O) groups is 1. The van der Waals surface area contributed by atoms with E-state index in [0.29, 0.717) is 18.5 Å². The summed E-state index contributed by atoms with van der Waals surface area (Å²) in [5.41, 5.74) is 7.06. The third-order valence-corrected chi connectivity index (χ3v) is 9.17. The zero-order valence-corrected chi connectivity index (χ0v) is 21.5. The van der Waals surface area contributed by atoms with E-state index in [1.54, 1.807) is 0 Å². The summed E-state index contributed by atoms with van der Waals surface area (Å²) in [6, 6.07) is 21.5. The average molecular weight is 480 g/mol. The van der Waals surface area contributed by atoms with Crippen molar-refractivity contribution in [2.24, 2.45) is 11.8 Å². The van der Waals surface area contributed by atoms with E-state index in [-0.39, 0.29) is 11.3 Å². The van der Waals surface area contributed by atoms with Crippen molar-refractivity contribution in [2.75, 3.05) is 19.6 Å². The number of pyridine rings is 1. The molecule has 1 N–H and O–H groups in total. The predicted molar refractivity (Wildman–Crippen MR) is 145 cm³/mol. The number of likely N-dealkylation sites (tertiary alicyclic amines) is 1. The first-order valence-electron chi connectivity index (χ1n) is 13.7. The summed E-state index contributed by atoms with van der Waals surface area (Å²) >= 11 is 0. The van der Waals surface area contributed by atoms with Crippen molar-refractivity contribution in [1.82, 2.24) is 15.2 Å². The van der Waals surface area contributed by atoms with Crippen LogP contribution in [0.4, 0.5) is 0 Å². The maximum atomic E-state index is 13.1. The molecule has 4 nitrogen and oxygen atoms in total. The minimum atomic E-state index is 0.0169. The highest BCUT2D eigenvalue weighted by Crippen LogP contribution is 2.49. The lowest BCUT2D eigenvalue weighted by molar-refractivity contribution is 0.0284. The average Bonchev–Trinajstić information content (AvgIpc) is 3.73. The van der Waals surface area contributed by atoms with Gasteiger partial charge in [0.2, 0.25) is 0 Å². The van der Waals surface area contributed by atoms with Crippen LogP contribution in [0.1, 0.15) is 60.3 Å². The predicted octanol–water partition coefficient (Wildman–Crippen LogP) is 5.66. The van der Waals surface area contributed by atoms with Gasteiger partial charge < -0.3 is 5.32 Å². The molecule has 0 spiro atoms. The Kier molecular flexibility index (Phi) is 6.17. The molecule has 1 saturated carbocycles. The Morgan fingerprint density at radius 2 is 1.92 bits per heavy atom. The quantitative estimate of drug-likeness (QED) is 0.476. The molecule has 1 aliphatic heterocycles. The smallest absolute Gasteiger partial charge is 0.251 e. The van der Waals surface area contributed by atoms with Gasteiger partial charge in [-0.25, -0.2) is 0 Å². The van der Waals surface area contributed by atoms with Crippen LogP contribution in [0.5, 0.6) is 0 Å². The normalized spacial score (nSPS) is 25.3. The molecule has 6 rings (SSSR count). The number of amides is 1. The summed E-state index contributed by atoms with van der Waals surface area (Å²) in [7, 11) is 0. The van der Waals surface area contributed by atoms with Crippen LogP contribution in [0.2, 0.25) is 0 Å². The molecular weight excluding hydrogens is 442 g/mol. The Morgan fingerprint density at radius 1 is 1.08 bits per heavy atom. The molecule has 2 heterocycles. The number of hydrogen-bond acceptors (Lipinski definition) is 3. The van der Waals surface area contributed by atoms with Gasteiger partial charge in [-0.15, -0.1) is 0 Å². The standard InChI is InChI=1S/C32H37N3O/c1-22-30-19-25-10-11-26(18-29(25)32(22,2)15-17-35(30)21-23-8-9-23)31(36)33-16-14-28-13-12-27(20-34-28)24-6-4-3-5-7-24/h3-7,10-13,18,20,22-23,30H,8-9,14-17,19,21H2,1-2H3,(H,33,36)/t22-,30?,32-/m0/s1. The van der Waals surface area contributed by atoms with E-state index < -0.39 is 0 Å². The van der Waals surface area contributed by atoms with Crippen LogP contribution in [0.3, 0.4) is 0 Å². The van der Waals surface area contributed by atoms with Crippen LogP contribution in [0.25, 0.3) is 11.1 Å². The molecule has 1 amide bonds. The highest BCUT2D eigenvalue weighted by atomic mass is 16.1. The molecule has 0 radical (unpaired) electrons. The molecule has 2 bridgehead atoms. The topological polar surface area (TPSA) is 45.2 Å². The Labute approximate surface area is 215 Å². The Morgan fingerprint density at radius 3 is 2.67 bits per heavy atom. The first-order chi connectivity index (χ1) is 17.5. The number of piperidine rings is 1. The minimum Gasteiger partial charge on any atom is -0.352 e. The molecule has 3 aromatic rings. The number of fused-ring (bicyclic) bond motifs is 4. The minimum absolute atomic E-state index is 0.0169. The molecule has 2 fully saturated rings. The largest absolute Gasteiger partial charge is 0.352 e. The summed E-state index contributed by atoms with van der Waals surface area (Å²) in [5.74, 6) is 1.56. The van der Waals surface area contributed by atoms with Crippen molar-refractivity contribution in [1.29, 1.82) is 0 Å². The van der Waals surface area contributed by atoms with E-state index in [4.69, 9.17) is 0 Å². The number of hydrogen-bond donors (Lipinski definition) is 1. The number of rotatable bonds is 7. The van der Waals surface area contributed by atoms with Gasteiger partial charge in [-0.2, -0.15) is 0 Å². The van der Waals surface area contributed by atoms with Crippen LogP contribution >= 0.6 is 0 Å². The number of nitrogens with one attached hydrogen (secondary N) is 1. The summed E-state index contributed by atoms with van der Waals surface area (Å²) in [5, 5.41) is 3.13. The lowest BCUT2D eigenvalue weighted by Crippen LogP contribution is -2.58. The Bertz CT molecular complexity index is 1230. The second-order valence-corrected chi connectivity index (χ2v) is 11.4. The molecule has 186 valence electrons. The lowest BCUT2D eigenvalue weighted by Gasteiger charge is -2.55. The number of carbonyl (C=O) groups excluding carboxylic acids is 1. The molecule has 2 aromatic carbocycles. The molecule has 3 aliphatic rings. The number of aromatic nitrogens is 1. The van der Waals surface area contributed by atoms with Crippen LogP contribution < -0.4 is 5.32 Å². The fourth-order valence-corrected chi connectivity index (χ4v) is 6.49. The fraction of sp³-hybridized carbons (Fsp3) is 0.438. The zero-order valence-electron chi connectivity index (χ0n) is 21.5. The second kappa shape index (κ2) is 9.48. The van der Waals surface area contributed by atoms with E-state index >= 15 is 0 Å². The van der Waals surface area contributed by atoms with E-state index in [1.807, 2.05) is 30.5 Å². The van der Waals surface area contributed by atoms with E-state index in [9.17, 15) is 4.79 Å². The SMILES string of the molecule is C[C@H]1C2Cc3ccc(C(=O)NCCc4ccc(-c5ccccc5)cn4)cc3[C@@]1(C)CCN2CC1CC1. The number of benzene rings is 2. The van der Waals surface area contributed by atoms with E-state index in [2.05, 4.69) is 65.4 Å². The summed E-state index contributed by atoms with van der Waals surface area (Å²) in [6.45, 7) is 7.93. The van der Waals surface area contributed by atoms with Gasteiger partial charge in [0.1, 0.15) is 0 Å². The molecular formula is C32H37N3O. The first-order valence-corrected chi connectivity index (χ1v) is 13.7. The van der Waals surface area contributed by atoms with E-state index in [1.165, 1.54) is 49.0 Å². The van der Waals surface area contributed by atoms with Crippen LogP contribution in [0, 0.1) is 11.8 Å². The summed E-state index contributed by atoms with van der Waals surface area (Å²) in [4.78, 5) is 20.4. The molecule has 1 saturated heterocycles. The molecule has 1 unspecified atom stereocenters. The maximum Gasteiger partial charge on any atom is 0.251 e. The van der Waals surface area contributed by atoms with E-state index in [0.717, 1.165) is 35.6 Å². The Balaban J connectivity index is 1.10. The van der Waals surface area contributed by atoms with Crippen molar-refractivity contribution < 1.29 is 4.79 Å². The molecule has 1 aromatic heterocycles. The first kappa shape index (κ1) is 23.4. The van der Waals surface area contributed by atoms with Gasteiger partial charge in [-0.1, -0.05) is 56.3 Å². The molecule has 4 heteroatoms. The van der Waals surface area contributed by atoms with Gasteiger partial charge in [0.15, 0.2) is 0 Å². The Hall–Kier alpha value is -2.98. The fourth-order valence-electron chi connectivity index (χ4n) is 6.49. The van der Waals surface area contributed by atoms with Gasteiger partial charge in [0.05, 0.1) is 0 Å². The van der Waals surface area contributed by atoms with Crippen molar-refractivity contribution in [3.63, 3.8) is 0 Å². The summed E-state index contributed by atoms with van der Waals surface area (Å²) in [6.07, 6.45) is 7.77. The maximum absolute atomic E-state index is 13.1. The summed E-state index contributed by atoms with van der Waals surface area (Å²) < 4.78 is 0.